The second-order valence-corrected chi connectivity index (χ2v) is 9.40. The molecule has 1 N–H and O–H groups in total. The predicted molar refractivity (Wildman–Crippen MR) is 153 cm³/mol. The number of hydrogen-bond donors (Lipinski definition) is 1. The summed E-state index contributed by atoms with van der Waals surface area (Å²) in [6.07, 6.45) is -1.37. The average Bonchev–Trinajstić information content (AvgIpc) is 2.96. The molecule has 1 amide bonds. The zero-order valence-electron chi connectivity index (χ0n) is 21.8. The second kappa shape index (κ2) is 11.2. The summed E-state index contributed by atoms with van der Waals surface area (Å²) in [5.41, 5.74) is 4.19. The number of hydrogen-bond acceptors (Lipinski definition) is 6. The van der Waals surface area contributed by atoms with E-state index in [4.69, 9.17) is 9.72 Å². The highest BCUT2D eigenvalue weighted by molar-refractivity contribution is 6.06. The van der Waals surface area contributed by atoms with Gasteiger partial charge in [0.25, 0.3) is 11.6 Å². The van der Waals surface area contributed by atoms with Crippen molar-refractivity contribution in [1.82, 2.24) is 4.98 Å². The number of nitrogens with zero attached hydrogens (tertiary/aromatic N) is 2. The first-order valence-electron chi connectivity index (χ1n) is 12.6. The third-order valence-electron chi connectivity index (χ3n) is 6.46. The minimum atomic E-state index is -1.37. The van der Waals surface area contributed by atoms with Crippen molar-refractivity contribution < 1.29 is 19.2 Å². The van der Waals surface area contributed by atoms with E-state index in [0.717, 1.165) is 11.1 Å². The van der Waals surface area contributed by atoms with Gasteiger partial charge < -0.3 is 10.1 Å². The lowest BCUT2D eigenvalue weighted by Gasteiger charge is -2.19. The lowest BCUT2D eigenvalue weighted by Crippen LogP contribution is -2.26. The highest BCUT2D eigenvalue weighted by Crippen LogP contribution is 2.30. The molecule has 198 valence electrons. The molecule has 5 aromatic rings. The molecule has 40 heavy (non-hydrogen) atoms. The van der Waals surface area contributed by atoms with E-state index in [-0.39, 0.29) is 16.9 Å². The van der Waals surface area contributed by atoms with Gasteiger partial charge in [-0.15, -0.1) is 0 Å². The first-order valence-corrected chi connectivity index (χ1v) is 12.6. The summed E-state index contributed by atoms with van der Waals surface area (Å²) in [5.74, 6) is -1.45. The number of carbonyl (C=O) groups is 2. The lowest BCUT2D eigenvalue weighted by molar-refractivity contribution is -0.384. The Balaban J connectivity index is 1.53. The van der Waals surface area contributed by atoms with Crippen molar-refractivity contribution in [1.29, 1.82) is 0 Å². The Morgan fingerprint density at radius 2 is 1.52 bits per heavy atom. The zero-order chi connectivity index (χ0) is 28.2. The van der Waals surface area contributed by atoms with E-state index in [1.165, 1.54) is 12.1 Å². The Morgan fingerprint density at radius 1 is 0.850 bits per heavy atom. The topological polar surface area (TPSA) is 111 Å². The van der Waals surface area contributed by atoms with E-state index in [1.54, 1.807) is 61.5 Å². The van der Waals surface area contributed by atoms with Crippen LogP contribution in [0.4, 0.5) is 11.4 Å². The van der Waals surface area contributed by atoms with Crippen LogP contribution in [0, 0.1) is 24.0 Å². The Kier molecular flexibility index (Phi) is 7.33. The van der Waals surface area contributed by atoms with Crippen molar-refractivity contribution >= 4 is 34.2 Å². The molecule has 0 radical (unpaired) electrons. The Hall–Kier alpha value is -5.37. The van der Waals surface area contributed by atoms with E-state index >= 15 is 0 Å². The Labute approximate surface area is 230 Å². The van der Waals surface area contributed by atoms with Gasteiger partial charge >= 0.3 is 5.97 Å². The summed E-state index contributed by atoms with van der Waals surface area (Å²) < 4.78 is 5.85. The van der Waals surface area contributed by atoms with E-state index in [2.05, 4.69) is 5.32 Å². The molecule has 8 heteroatoms. The van der Waals surface area contributed by atoms with E-state index in [9.17, 15) is 19.7 Å². The summed E-state index contributed by atoms with van der Waals surface area (Å²) in [6, 6.07) is 29.6. The molecule has 1 unspecified atom stereocenters. The molecule has 0 aliphatic rings. The number of ether oxygens (including phenoxy) is 1. The standard InChI is InChI=1S/C32H25N3O5/c1-20-12-15-22(16-13-20)28-19-25(24-10-6-7-11-26(24)33-28)32(37)40-30(23-8-4-3-5-9-23)31(36)34-27-17-14-21(2)18-29(27)35(38)39/h3-19,30H,1-2H3,(H,34,36). The molecule has 1 aromatic heterocycles. The summed E-state index contributed by atoms with van der Waals surface area (Å²) in [6.45, 7) is 3.71. The SMILES string of the molecule is Cc1ccc(-c2cc(C(=O)OC(C(=O)Nc3ccc(C)cc3[N+](=O)[O-])c3ccccc3)c3ccccc3n2)cc1. The molecule has 8 nitrogen and oxygen atoms in total. The van der Waals surface area contributed by atoms with Gasteiger partial charge in [-0.3, -0.25) is 14.9 Å². The third kappa shape index (κ3) is 5.56. The molecule has 0 aliphatic heterocycles. The highest BCUT2D eigenvalue weighted by atomic mass is 16.6. The maximum Gasteiger partial charge on any atom is 0.340 e. The van der Waals surface area contributed by atoms with Crippen LogP contribution in [-0.2, 0) is 9.53 Å². The molecule has 0 aliphatic carbocycles. The Morgan fingerprint density at radius 3 is 2.25 bits per heavy atom. The van der Waals surface area contributed by atoms with Gasteiger partial charge in [-0.25, -0.2) is 9.78 Å². The van der Waals surface area contributed by atoms with Gasteiger partial charge in [-0.05, 0) is 37.6 Å². The maximum atomic E-state index is 13.7. The number of aromatic nitrogens is 1. The van der Waals surface area contributed by atoms with Gasteiger partial charge in [0.1, 0.15) is 5.69 Å². The van der Waals surface area contributed by atoms with Gasteiger partial charge in [-0.1, -0.05) is 84.4 Å². The van der Waals surface area contributed by atoms with Crippen molar-refractivity contribution in [3.63, 3.8) is 0 Å². The molecule has 4 aromatic carbocycles. The number of anilines is 1. The van der Waals surface area contributed by atoms with E-state index < -0.39 is 22.9 Å². The molecule has 0 bridgehead atoms. The summed E-state index contributed by atoms with van der Waals surface area (Å²) in [5, 5.41) is 14.8. The van der Waals surface area contributed by atoms with Crippen LogP contribution in [-0.4, -0.2) is 21.8 Å². The molecular formula is C32H25N3O5. The molecule has 1 heterocycles. The number of nitro groups is 1. The van der Waals surface area contributed by atoms with Gasteiger partial charge in [0.2, 0.25) is 6.10 Å². The van der Waals surface area contributed by atoms with Gasteiger partial charge in [0.15, 0.2) is 0 Å². The van der Waals surface area contributed by atoms with Crippen LogP contribution in [0.2, 0.25) is 0 Å². The number of fused-ring (bicyclic) bond motifs is 1. The van der Waals surface area contributed by atoms with Crippen LogP contribution < -0.4 is 5.32 Å². The molecule has 0 saturated heterocycles. The fourth-order valence-electron chi connectivity index (χ4n) is 4.38. The van der Waals surface area contributed by atoms with Crippen LogP contribution in [0.3, 0.4) is 0 Å². The highest BCUT2D eigenvalue weighted by Gasteiger charge is 2.29. The largest absolute Gasteiger partial charge is 0.444 e. The molecule has 0 spiro atoms. The number of benzene rings is 4. The number of rotatable bonds is 7. The number of nitrogens with one attached hydrogen (secondary N) is 1. The first kappa shape index (κ1) is 26.2. The van der Waals surface area contributed by atoms with Crippen LogP contribution in [0.15, 0.2) is 103 Å². The number of amides is 1. The quantitative estimate of drug-likeness (QED) is 0.138. The second-order valence-electron chi connectivity index (χ2n) is 9.40. The number of aryl methyl sites for hydroxylation is 2. The maximum absolute atomic E-state index is 13.7. The van der Waals surface area contributed by atoms with Crippen LogP contribution in [0.5, 0.6) is 0 Å². The normalized spacial score (nSPS) is 11.6. The van der Waals surface area contributed by atoms with Gasteiger partial charge in [0, 0.05) is 22.6 Å². The number of para-hydroxylation sites is 1. The van der Waals surface area contributed by atoms with Crippen molar-refractivity contribution in [2.75, 3.05) is 5.32 Å². The molecule has 0 fully saturated rings. The number of nitro benzene ring substituents is 1. The minimum absolute atomic E-state index is 0.00796. The van der Waals surface area contributed by atoms with Gasteiger partial charge in [0.05, 0.1) is 21.7 Å². The molecular weight excluding hydrogens is 506 g/mol. The number of carbonyl (C=O) groups excluding carboxylic acids is 2. The molecule has 5 rings (SSSR count). The first-order chi connectivity index (χ1) is 19.3. The molecule has 0 saturated carbocycles. The zero-order valence-corrected chi connectivity index (χ0v) is 21.8. The number of esters is 1. The predicted octanol–water partition coefficient (Wildman–Crippen LogP) is 6.96. The third-order valence-corrected chi connectivity index (χ3v) is 6.46. The van der Waals surface area contributed by atoms with Gasteiger partial charge in [-0.2, -0.15) is 0 Å². The Bertz CT molecular complexity index is 1730. The number of pyridine rings is 1. The lowest BCUT2D eigenvalue weighted by atomic mass is 10.0. The average molecular weight is 532 g/mol. The summed E-state index contributed by atoms with van der Waals surface area (Å²) in [7, 11) is 0. The summed E-state index contributed by atoms with van der Waals surface area (Å²) in [4.78, 5) is 43.0. The summed E-state index contributed by atoms with van der Waals surface area (Å²) >= 11 is 0. The monoisotopic (exact) mass is 531 g/mol. The van der Waals surface area contributed by atoms with E-state index in [0.29, 0.717) is 27.7 Å². The van der Waals surface area contributed by atoms with E-state index in [1.807, 2.05) is 43.3 Å². The molecule has 1 atom stereocenters. The van der Waals surface area contributed by atoms with Crippen LogP contribution in [0.1, 0.15) is 33.2 Å². The van der Waals surface area contributed by atoms with Crippen molar-refractivity contribution in [2.24, 2.45) is 0 Å². The van der Waals surface area contributed by atoms with Crippen LogP contribution >= 0.6 is 0 Å². The fraction of sp³-hybridized carbons (Fsp3) is 0.0938. The van der Waals surface area contributed by atoms with Crippen molar-refractivity contribution in [3.8, 4) is 11.3 Å². The smallest absolute Gasteiger partial charge is 0.340 e. The van der Waals surface area contributed by atoms with Crippen molar-refractivity contribution in [2.45, 2.75) is 20.0 Å². The van der Waals surface area contributed by atoms with Crippen LogP contribution in [0.25, 0.3) is 22.2 Å². The van der Waals surface area contributed by atoms with Crippen molar-refractivity contribution in [3.05, 3.63) is 135 Å². The minimum Gasteiger partial charge on any atom is -0.444 e. The fourth-order valence-corrected chi connectivity index (χ4v) is 4.38.